The summed E-state index contributed by atoms with van der Waals surface area (Å²) in [5, 5.41) is 9.08. The summed E-state index contributed by atoms with van der Waals surface area (Å²) in [5.41, 5.74) is 1.05. The Morgan fingerprint density at radius 1 is 1.07 bits per heavy atom. The van der Waals surface area contributed by atoms with Crippen LogP contribution in [-0.2, 0) is 4.79 Å². The summed E-state index contributed by atoms with van der Waals surface area (Å²) >= 11 is 0. The Morgan fingerprint density at radius 3 is 2.40 bits per heavy atom. The molecule has 2 heteroatoms. The summed E-state index contributed by atoms with van der Waals surface area (Å²) < 4.78 is 0. The zero-order valence-corrected chi connectivity index (χ0v) is 8.21. The number of aliphatic carboxylic acids is 1. The lowest BCUT2D eigenvalue weighted by Crippen LogP contribution is -2.20. The molecule has 1 N–H and O–H groups in total. The van der Waals surface area contributed by atoms with Gasteiger partial charge in [-0.2, -0.15) is 0 Å². The van der Waals surface area contributed by atoms with E-state index in [1.807, 2.05) is 42.5 Å². The number of carboxylic acid groups (broad SMARTS) is 1. The first-order valence-corrected chi connectivity index (χ1v) is 4.92. The van der Waals surface area contributed by atoms with Crippen molar-refractivity contribution < 1.29 is 9.90 Å². The monoisotopic (exact) mass is 200 g/mol. The van der Waals surface area contributed by atoms with Gasteiger partial charge in [0.25, 0.3) is 0 Å². The minimum atomic E-state index is -0.774. The fourth-order valence-corrected chi connectivity index (χ4v) is 1.84. The Hall–Kier alpha value is -1.83. The average Bonchev–Trinajstić information content (AvgIpc) is 2.30. The molecule has 2 nitrogen and oxygen atoms in total. The molecule has 0 bridgehead atoms. The molecule has 0 saturated carbocycles. The number of carboxylic acids is 1. The van der Waals surface area contributed by atoms with E-state index < -0.39 is 11.9 Å². The summed E-state index contributed by atoms with van der Waals surface area (Å²) in [4.78, 5) is 11.1. The number of allylic oxidation sites excluding steroid dienone is 3. The molecule has 0 fully saturated rings. The molecule has 0 radical (unpaired) electrons. The van der Waals surface area contributed by atoms with Gasteiger partial charge >= 0.3 is 5.97 Å². The Morgan fingerprint density at radius 2 is 1.73 bits per heavy atom. The highest BCUT2D eigenvalue weighted by Crippen LogP contribution is 2.29. The molecule has 0 aromatic heterocycles. The van der Waals surface area contributed by atoms with Crippen molar-refractivity contribution in [2.24, 2.45) is 5.92 Å². The molecular formula is C13H12O2. The predicted octanol–water partition coefficient (Wildman–Crippen LogP) is 2.60. The molecule has 1 aliphatic rings. The van der Waals surface area contributed by atoms with Gasteiger partial charge in [0.05, 0.1) is 5.92 Å². The van der Waals surface area contributed by atoms with E-state index in [1.165, 1.54) is 0 Å². The van der Waals surface area contributed by atoms with Crippen molar-refractivity contribution in [3.8, 4) is 0 Å². The molecule has 0 spiro atoms. The molecule has 0 saturated heterocycles. The molecule has 1 aliphatic carbocycles. The smallest absolute Gasteiger partial charge is 0.311 e. The lowest BCUT2D eigenvalue weighted by atomic mass is 9.83. The largest absolute Gasteiger partial charge is 0.481 e. The van der Waals surface area contributed by atoms with Gasteiger partial charge in [-0.25, -0.2) is 0 Å². The van der Waals surface area contributed by atoms with Crippen LogP contribution in [0.5, 0.6) is 0 Å². The normalized spacial score (nSPS) is 24.0. The van der Waals surface area contributed by atoms with Crippen molar-refractivity contribution in [2.75, 3.05) is 0 Å². The SMILES string of the molecule is O=C(O)C1C=CC=CC1c1ccccc1. The number of hydrogen-bond donors (Lipinski definition) is 1. The minimum absolute atomic E-state index is 0.0475. The molecule has 1 aromatic carbocycles. The summed E-state index contributed by atoms with van der Waals surface area (Å²) in [6, 6.07) is 9.72. The van der Waals surface area contributed by atoms with Crippen LogP contribution in [0.15, 0.2) is 54.6 Å². The third-order valence-corrected chi connectivity index (χ3v) is 2.60. The van der Waals surface area contributed by atoms with E-state index in [9.17, 15) is 4.79 Å². The van der Waals surface area contributed by atoms with Crippen LogP contribution >= 0.6 is 0 Å². The maximum absolute atomic E-state index is 11.1. The van der Waals surface area contributed by atoms with Gasteiger partial charge < -0.3 is 5.11 Å². The van der Waals surface area contributed by atoms with Crippen LogP contribution in [0.3, 0.4) is 0 Å². The lowest BCUT2D eigenvalue weighted by Gasteiger charge is -2.20. The van der Waals surface area contributed by atoms with Crippen LogP contribution in [0, 0.1) is 5.92 Å². The Balaban J connectivity index is 2.32. The van der Waals surface area contributed by atoms with Gasteiger partial charge in [0, 0.05) is 5.92 Å². The topological polar surface area (TPSA) is 37.3 Å². The van der Waals surface area contributed by atoms with E-state index in [0.717, 1.165) is 5.56 Å². The summed E-state index contributed by atoms with van der Waals surface area (Å²) in [7, 11) is 0. The van der Waals surface area contributed by atoms with Gasteiger partial charge in [0.1, 0.15) is 0 Å². The second kappa shape index (κ2) is 4.13. The van der Waals surface area contributed by atoms with E-state index in [2.05, 4.69) is 0 Å². The Bertz CT molecular complexity index is 404. The van der Waals surface area contributed by atoms with Gasteiger partial charge in [-0.15, -0.1) is 0 Å². The summed E-state index contributed by atoms with van der Waals surface area (Å²) in [6.07, 6.45) is 7.36. The van der Waals surface area contributed by atoms with Crippen molar-refractivity contribution in [3.05, 3.63) is 60.2 Å². The molecule has 2 rings (SSSR count). The van der Waals surface area contributed by atoms with Gasteiger partial charge in [0.15, 0.2) is 0 Å². The molecule has 0 aliphatic heterocycles. The third-order valence-electron chi connectivity index (χ3n) is 2.60. The van der Waals surface area contributed by atoms with Crippen LogP contribution in [-0.4, -0.2) is 11.1 Å². The standard InChI is InChI=1S/C13H12O2/c14-13(15)12-9-5-4-8-11(12)10-6-2-1-3-7-10/h1-9,11-12H,(H,14,15). The van der Waals surface area contributed by atoms with E-state index in [0.29, 0.717) is 0 Å². The van der Waals surface area contributed by atoms with Gasteiger partial charge in [-0.1, -0.05) is 54.6 Å². The average molecular weight is 200 g/mol. The maximum Gasteiger partial charge on any atom is 0.311 e. The second-order valence-electron chi connectivity index (χ2n) is 3.57. The Labute approximate surface area is 88.6 Å². The zero-order chi connectivity index (χ0) is 10.7. The van der Waals surface area contributed by atoms with Crippen LogP contribution < -0.4 is 0 Å². The number of carbonyl (C=O) groups is 1. The van der Waals surface area contributed by atoms with Gasteiger partial charge in [-0.05, 0) is 5.56 Å². The van der Waals surface area contributed by atoms with Crippen LogP contribution in [0.25, 0.3) is 0 Å². The first kappa shape index (κ1) is 9.71. The van der Waals surface area contributed by atoms with Crippen LogP contribution in [0.1, 0.15) is 11.5 Å². The highest BCUT2D eigenvalue weighted by atomic mass is 16.4. The first-order valence-electron chi connectivity index (χ1n) is 4.92. The molecular weight excluding hydrogens is 188 g/mol. The molecule has 0 heterocycles. The molecule has 76 valence electrons. The van der Waals surface area contributed by atoms with Crippen molar-refractivity contribution in [3.63, 3.8) is 0 Å². The third kappa shape index (κ3) is 1.99. The molecule has 1 aromatic rings. The van der Waals surface area contributed by atoms with Gasteiger partial charge in [-0.3, -0.25) is 4.79 Å². The lowest BCUT2D eigenvalue weighted by molar-refractivity contribution is -0.140. The zero-order valence-electron chi connectivity index (χ0n) is 8.21. The summed E-state index contributed by atoms with van der Waals surface area (Å²) in [5.74, 6) is -1.27. The molecule has 0 amide bonds. The molecule has 15 heavy (non-hydrogen) atoms. The van der Waals surface area contributed by atoms with Crippen molar-refractivity contribution in [1.82, 2.24) is 0 Å². The highest BCUT2D eigenvalue weighted by molar-refractivity contribution is 5.74. The van der Waals surface area contributed by atoms with E-state index in [1.54, 1.807) is 12.2 Å². The summed E-state index contributed by atoms with van der Waals surface area (Å²) in [6.45, 7) is 0. The van der Waals surface area contributed by atoms with E-state index >= 15 is 0 Å². The predicted molar refractivity (Wildman–Crippen MR) is 58.6 cm³/mol. The van der Waals surface area contributed by atoms with Crippen LogP contribution in [0.4, 0.5) is 0 Å². The fourth-order valence-electron chi connectivity index (χ4n) is 1.84. The maximum atomic E-state index is 11.1. The van der Waals surface area contributed by atoms with Crippen molar-refractivity contribution in [2.45, 2.75) is 5.92 Å². The first-order chi connectivity index (χ1) is 7.29. The fraction of sp³-hybridized carbons (Fsp3) is 0.154. The van der Waals surface area contributed by atoms with Crippen LogP contribution in [0.2, 0.25) is 0 Å². The van der Waals surface area contributed by atoms with E-state index in [4.69, 9.17) is 5.11 Å². The number of hydrogen-bond acceptors (Lipinski definition) is 1. The number of rotatable bonds is 2. The molecule has 2 unspecified atom stereocenters. The second-order valence-corrected chi connectivity index (χ2v) is 3.57. The minimum Gasteiger partial charge on any atom is -0.481 e. The van der Waals surface area contributed by atoms with E-state index in [-0.39, 0.29) is 5.92 Å². The Kier molecular flexibility index (Phi) is 2.68. The van der Waals surface area contributed by atoms with Crippen molar-refractivity contribution >= 4 is 5.97 Å². The van der Waals surface area contributed by atoms with Gasteiger partial charge in [0.2, 0.25) is 0 Å². The quantitative estimate of drug-likeness (QED) is 0.796. The highest BCUT2D eigenvalue weighted by Gasteiger charge is 2.26. The van der Waals surface area contributed by atoms with Crippen molar-refractivity contribution in [1.29, 1.82) is 0 Å². The molecule has 2 atom stereocenters. The number of benzene rings is 1.